The van der Waals surface area contributed by atoms with E-state index >= 15 is 0 Å². The molecule has 0 fully saturated rings. The van der Waals surface area contributed by atoms with Gasteiger partial charge in [-0.25, -0.2) is 0 Å². The minimum absolute atomic E-state index is 0.516. The van der Waals surface area contributed by atoms with Gasteiger partial charge in [0.15, 0.2) is 0 Å². The van der Waals surface area contributed by atoms with Crippen molar-refractivity contribution in [3.63, 3.8) is 0 Å². The molecule has 30 heavy (non-hydrogen) atoms. The van der Waals surface area contributed by atoms with Crippen LogP contribution in [-0.2, 0) is 6.61 Å². The highest BCUT2D eigenvalue weighted by molar-refractivity contribution is 5.63. The van der Waals surface area contributed by atoms with Crippen molar-refractivity contribution in [2.45, 2.75) is 39.2 Å². The number of nitrogens with one attached hydrogen (secondary N) is 1. The summed E-state index contributed by atoms with van der Waals surface area (Å²) in [6.07, 6.45) is 2.48. The molecule has 0 radical (unpaired) electrons. The van der Waals surface area contributed by atoms with Gasteiger partial charge in [0.2, 0.25) is 0 Å². The lowest BCUT2D eigenvalue weighted by molar-refractivity contribution is 0.306. The number of anilines is 2. The second kappa shape index (κ2) is 11.4. The van der Waals surface area contributed by atoms with E-state index in [2.05, 4.69) is 79.6 Å². The monoisotopic (exact) mass is 402 g/mol. The Morgan fingerprint density at radius 1 is 0.867 bits per heavy atom. The molecule has 0 aromatic heterocycles. The van der Waals surface area contributed by atoms with Crippen molar-refractivity contribution in [2.75, 3.05) is 25.0 Å². The average molecular weight is 403 g/mol. The van der Waals surface area contributed by atoms with E-state index in [0.29, 0.717) is 12.5 Å². The third-order valence-electron chi connectivity index (χ3n) is 5.48. The maximum atomic E-state index is 5.90. The summed E-state index contributed by atoms with van der Waals surface area (Å²) in [5, 5.41) is 3.55. The Morgan fingerprint density at radius 2 is 1.50 bits per heavy atom. The molecule has 1 unspecified atom stereocenters. The van der Waals surface area contributed by atoms with Gasteiger partial charge in [-0.15, -0.1) is 0 Å². The molecule has 3 aromatic rings. The lowest BCUT2D eigenvalue weighted by Crippen LogP contribution is -2.21. The van der Waals surface area contributed by atoms with Crippen LogP contribution in [-0.4, -0.2) is 20.1 Å². The SMILES string of the molecule is CCCCNCC(C)c1ccc(N(C)c2ccc(OCc3ccccc3)cc2)cc1. The third-order valence-corrected chi connectivity index (χ3v) is 5.48. The van der Waals surface area contributed by atoms with E-state index in [1.165, 1.54) is 29.7 Å². The molecular formula is C27H34N2O. The van der Waals surface area contributed by atoms with Gasteiger partial charge >= 0.3 is 0 Å². The summed E-state index contributed by atoms with van der Waals surface area (Å²) in [5.41, 5.74) is 4.88. The number of ether oxygens (including phenoxy) is 1. The van der Waals surface area contributed by atoms with Crippen LogP contribution in [0.15, 0.2) is 78.9 Å². The van der Waals surface area contributed by atoms with Crippen LogP contribution in [0.2, 0.25) is 0 Å². The summed E-state index contributed by atoms with van der Waals surface area (Å²) < 4.78 is 5.90. The first-order valence-corrected chi connectivity index (χ1v) is 11.0. The van der Waals surface area contributed by atoms with Crippen LogP contribution in [0.1, 0.15) is 43.7 Å². The Morgan fingerprint density at radius 3 is 2.13 bits per heavy atom. The van der Waals surface area contributed by atoms with Gasteiger partial charge in [0, 0.05) is 25.0 Å². The quantitative estimate of drug-likeness (QED) is 0.369. The van der Waals surface area contributed by atoms with Crippen molar-refractivity contribution in [1.82, 2.24) is 5.32 Å². The van der Waals surface area contributed by atoms with Crippen LogP contribution in [0.4, 0.5) is 11.4 Å². The second-order valence-electron chi connectivity index (χ2n) is 7.88. The van der Waals surface area contributed by atoms with Gasteiger partial charge < -0.3 is 15.0 Å². The van der Waals surface area contributed by atoms with Gasteiger partial charge in [-0.3, -0.25) is 0 Å². The van der Waals surface area contributed by atoms with Gasteiger partial charge in [0.1, 0.15) is 12.4 Å². The molecular weight excluding hydrogens is 368 g/mol. The Kier molecular flexibility index (Phi) is 8.34. The van der Waals surface area contributed by atoms with Gasteiger partial charge in [-0.1, -0.05) is 62.7 Å². The molecule has 0 saturated heterocycles. The van der Waals surface area contributed by atoms with Crippen LogP contribution in [0.5, 0.6) is 5.75 Å². The van der Waals surface area contributed by atoms with Crippen molar-refractivity contribution < 1.29 is 4.74 Å². The van der Waals surface area contributed by atoms with E-state index in [9.17, 15) is 0 Å². The summed E-state index contributed by atoms with van der Waals surface area (Å²) in [6.45, 7) is 7.23. The molecule has 1 N–H and O–H groups in total. The number of hydrogen-bond donors (Lipinski definition) is 1. The van der Waals surface area contributed by atoms with Crippen LogP contribution < -0.4 is 15.0 Å². The summed E-state index contributed by atoms with van der Waals surface area (Å²) >= 11 is 0. The molecule has 0 aliphatic carbocycles. The number of rotatable bonds is 11. The van der Waals surface area contributed by atoms with Crippen LogP contribution in [0.3, 0.4) is 0 Å². The minimum Gasteiger partial charge on any atom is -0.489 e. The number of nitrogens with zero attached hydrogens (tertiary/aromatic N) is 1. The van der Waals surface area contributed by atoms with E-state index in [4.69, 9.17) is 4.74 Å². The molecule has 3 rings (SSSR count). The predicted octanol–water partition coefficient (Wildman–Crippen LogP) is 6.53. The zero-order chi connectivity index (χ0) is 21.2. The number of hydrogen-bond acceptors (Lipinski definition) is 3. The smallest absolute Gasteiger partial charge is 0.119 e. The maximum Gasteiger partial charge on any atom is 0.119 e. The van der Waals surface area contributed by atoms with Gasteiger partial charge in [0.25, 0.3) is 0 Å². The highest BCUT2D eigenvalue weighted by atomic mass is 16.5. The summed E-state index contributed by atoms with van der Waals surface area (Å²) in [4.78, 5) is 2.20. The Labute approximate surface area is 181 Å². The van der Waals surface area contributed by atoms with Crippen molar-refractivity contribution in [1.29, 1.82) is 0 Å². The van der Waals surface area contributed by atoms with Crippen LogP contribution in [0, 0.1) is 0 Å². The van der Waals surface area contributed by atoms with Crippen molar-refractivity contribution >= 4 is 11.4 Å². The van der Waals surface area contributed by atoms with Gasteiger partial charge in [0.05, 0.1) is 0 Å². The molecule has 0 heterocycles. The Balaban J connectivity index is 1.54. The first-order valence-electron chi connectivity index (χ1n) is 11.0. The molecule has 3 aromatic carbocycles. The van der Waals surface area contributed by atoms with Crippen LogP contribution >= 0.6 is 0 Å². The lowest BCUT2D eigenvalue weighted by Gasteiger charge is -2.21. The molecule has 0 amide bonds. The summed E-state index contributed by atoms with van der Waals surface area (Å²) in [5.74, 6) is 1.40. The highest BCUT2D eigenvalue weighted by Gasteiger charge is 2.08. The second-order valence-corrected chi connectivity index (χ2v) is 7.88. The minimum atomic E-state index is 0.516. The lowest BCUT2D eigenvalue weighted by atomic mass is 10.0. The third kappa shape index (κ3) is 6.36. The number of unbranched alkanes of at least 4 members (excludes halogenated alkanes) is 1. The zero-order valence-corrected chi connectivity index (χ0v) is 18.5. The summed E-state index contributed by atoms with van der Waals surface area (Å²) in [7, 11) is 2.10. The van der Waals surface area contributed by atoms with E-state index in [1.54, 1.807) is 0 Å². The molecule has 0 aliphatic rings. The standard InChI is InChI=1S/C27H34N2O/c1-4-5-19-28-20-22(2)24-11-13-25(14-12-24)29(3)26-15-17-27(18-16-26)30-21-23-9-7-6-8-10-23/h6-18,22,28H,4-5,19-21H2,1-3H3. The van der Waals surface area contributed by atoms with Gasteiger partial charge in [-0.05, 0) is 66.4 Å². The topological polar surface area (TPSA) is 24.5 Å². The molecule has 158 valence electrons. The fourth-order valence-electron chi connectivity index (χ4n) is 3.42. The summed E-state index contributed by atoms with van der Waals surface area (Å²) in [6, 6.07) is 27.4. The molecule has 0 saturated carbocycles. The first-order chi connectivity index (χ1) is 14.7. The molecule has 0 bridgehead atoms. The predicted molar refractivity (Wildman–Crippen MR) is 128 cm³/mol. The normalized spacial score (nSPS) is 11.8. The van der Waals surface area contributed by atoms with Crippen molar-refractivity contribution in [3.8, 4) is 5.75 Å². The van der Waals surface area contributed by atoms with Gasteiger partial charge in [-0.2, -0.15) is 0 Å². The molecule has 0 aliphatic heterocycles. The largest absolute Gasteiger partial charge is 0.489 e. The van der Waals surface area contributed by atoms with E-state index in [-0.39, 0.29) is 0 Å². The molecule has 0 spiro atoms. The van der Waals surface area contributed by atoms with E-state index < -0.39 is 0 Å². The molecule has 3 heteroatoms. The maximum absolute atomic E-state index is 5.90. The zero-order valence-electron chi connectivity index (χ0n) is 18.5. The molecule has 3 nitrogen and oxygen atoms in total. The first kappa shape index (κ1) is 21.9. The fraction of sp³-hybridized carbons (Fsp3) is 0.333. The number of benzene rings is 3. The van der Waals surface area contributed by atoms with E-state index in [1.807, 2.05) is 30.3 Å². The highest BCUT2D eigenvalue weighted by Crippen LogP contribution is 2.27. The Hall–Kier alpha value is -2.78. The van der Waals surface area contributed by atoms with Crippen molar-refractivity contribution in [2.24, 2.45) is 0 Å². The Bertz CT molecular complexity index is 860. The fourth-order valence-corrected chi connectivity index (χ4v) is 3.42. The van der Waals surface area contributed by atoms with Crippen molar-refractivity contribution in [3.05, 3.63) is 90.0 Å². The van der Waals surface area contributed by atoms with Crippen LogP contribution in [0.25, 0.3) is 0 Å². The molecule has 1 atom stereocenters. The van der Waals surface area contributed by atoms with E-state index in [0.717, 1.165) is 24.5 Å². The average Bonchev–Trinajstić information content (AvgIpc) is 2.81.